The van der Waals surface area contributed by atoms with Crippen molar-refractivity contribution in [3.8, 4) is 17.3 Å². The Hall–Kier alpha value is -4.05. The van der Waals surface area contributed by atoms with Gasteiger partial charge in [-0.1, -0.05) is 0 Å². The van der Waals surface area contributed by atoms with Gasteiger partial charge in [0.2, 0.25) is 5.95 Å². The number of aliphatic hydroxyl groups is 1. The number of benzene rings is 1. The first kappa shape index (κ1) is 26.6. The Bertz CT molecular complexity index is 1410. The van der Waals surface area contributed by atoms with Crippen LogP contribution in [0.1, 0.15) is 29.7 Å². The highest BCUT2D eigenvalue weighted by Crippen LogP contribution is 2.38. The third-order valence-corrected chi connectivity index (χ3v) is 7.47. The smallest absolute Gasteiger partial charge is 0.319 e. The van der Waals surface area contributed by atoms with Crippen molar-refractivity contribution in [3.63, 3.8) is 0 Å². The second-order valence-electron chi connectivity index (χ2n) is 10.3. The van der Waals surface area contributed by atoms with E-state index in [1.165, 1.54) is 7.11 Å². The molecule has 0 saturated carbocycles. The van der Waals surface area contributed by atoms with Gasteiger partial charge in [-0.2, -0.15) is 10.4 Å². The number of rotatable bonds is 8. The van der Waals surface area contributed by atoms with Crippen LogP contribution in [0.2, 0.25) is 0 Å². The van der Waals surface area contributed by atoms with Crippen molar-refractivity contribution >= 4 is 23.4 Å². The number of piperidine rings is 1. The van der Waals surface area contributed by atoms with Crippen LogP contribution >= 0.6 is 0 Å². The standard InChI is InChI=1S/C27H33N9O3/c1-17-9-23(36(34-17)13-18-4-7-35(8-5-18)14-24(38)39-2)33-26-30-6-3-22(32-26)19-10-20(12-28)25-21(11-19)27(29,16-37)15-31-25/h3,6,9-11,18,31,37H,4-5,7-8,13-16,29H2,1-2H3,(H,30,32,33). The molecule has 3 aromatic rings. The molecule has 2 aliphatic heterocycles. The normalized spacial score (nSPS) is 19.3. The molecule has 1 aromatic carbocycles. The van der Waals surface area contributed by atoms with E-state index >= 15 is 0 Å². The number of likely N-dealkylation sites (tertiary alicyclic amines) is 1. The Morgan fingerprint density at radius 2 is 2.15 bits per heavy atom. The van der Waals surface area contributed by atoms with Crippen LogP contribution in [0, 0.1) is 24.2 Å². The lowest BCUT2D eigenvalue weighted by Gasteiger charge is -2.31. The van der Waals surface area contributed by atoms with Gasteiger partial charge in [0.05, 0.1) is 48.4 Å². The molecule has 1 unspecified atom stereocenters. The molecule has 12 heteroatoms. The zero-order valence-electron chi connectivity index (χ0n) is 22.1. The highest BCUT2D eigenvalue weighted by molar-refractivity contribution is 5.76. The fraction of sp³-hybridized carbons (Fsp3) is 0.444. The average Bonchev–Trinajstić information content (AvgIpc) is 3.47. The summed E-state index contributed by atoms with van der Waals surface area (Å²) in [5.41, 5.74) is 9.45. The number of nitrogens with zero attached hydrogens (tertiary/aromatic N) is 6. The Morgan fingerprint density at radius 3 is 2.87 bits per heavy atom. The van der Waals surface area contributed by atoms with E-state index in [1.54, 1.807) is 18.3 Å². The highest BCUT2D eigenvalue weighted by Gasteiger charge is 2.36. The molecule has 2 aromatic heterocycles. The van der Waals surface area contributed by atoms with E-state index in [0.29, 0.717) is 53.0 Å². The van der Waals surface area contributed by atoms with E-state index in [9.17, 15) is 15.2 Å². The van der Waals surface area contributed by atoms with Crippen LogP contribution in [0.4, 0.5) is 17.5 Å². The molecular weight excluding hydrogens is 498 g/mol. The number of methoxy groups -OCH3 is 1. The molecule has 0 amide bonds. The number of carbonyl (C=O) groups is 1. The Balaban J connectivity index is 1.33. The average molecular weight is 532 g/mol. The molecule has 4 heterocycles. The number of hydrogen-bond acceptors (Lipinski definition) is 11. The predicted molar refractivity (Wildman–Crippen MR) is 145 cm³/mol. The third kappa shape index (κ3) is 5.56. The van der Waals surface area contributed by atoms with Crippen molar-refractivity contribution in [2.75, 3.05) is 50.5 Å². The fourth-order valence-electron chi connectivity index (χ4n) is 5.24. The molecule has 1 saturated heterocycles. The SMILES string of the molecule is COC(=O)CN1CCC(Cn2nc(C)cc2Nc2nccc(-c3cc(C#N)c4c(c3)C(N)(CO)CN4)n2)CC1. The number of anilines is 3. The summed E-state index contributed by atoms with van der Waals surface area (Å²) in [5, 5.41) is 30.8. The van der Waals surface area contributed by atoms with Crippen LogP contribution in [-0.2, 0) is 21.6 Å². The summed E-state index contributed by atoms with van der Waals surface area (Å²) in [7, 11) is 1.41. The largest absolute Gasteiger partial charge is 0.468 e. The monoisotopic (exact) mass is 531 g/mol. The van der Waals surface area contributed by atoms with Crippen LogP contribution in [0.15, 0.2) is 30.5 Å². The molecule has 1 atom stereocenters. The first-order chi connectivity index (χ1) is 18.8. The number of aromatic nitrogens is 4. The number of aliphatic hydroxyl groups excluding tert-OH is 1. The minimum absolute atomic E-state index is 0.207. The van der Waals surface area contributed by atoms with Gasteiger partial charge in [-0.05, 0) is 57.0 Å². The van der Waals surface area contributed by atoms with Crippen molar-refractivity contribution < 1.29 is 14.6 Å². The summed E-state index contributed by atoms with van der Waals surface area (Å²) in [5.74, 6) is 1.41. The molecule has 0 radical (unpaired) electrons. The van der Waals surface area contributed by atoms with Gasteiger partial charge in [0, 0.05) is 36.5 Å². The number of carbonyl (C=O) groups excluding carboxylic acids is 1. The molecule has 5 rings (SSSR count). The lowest BCUT2D eigenvalue weighted by molar-refractivity contribution is -0.142. The van der Waals surface area contributed by atoms with Crippen LogP contribution in [0.5, 0.6) is 0 Å². The van der Waals surface area contributed by atoms with Crippen LogP contribution in [-0.4, -0.2) is 75.6 Å². The zero-order valence-corrected chi connectivity index (χ0v) is 22.1. The molecule has 0 aliphatic carbocycles. The topological polar surface area (TPSA) is 167 Å². The highest BCUT2D eigenvalue weighted by atomic mass is 16.5. The summed E-state index contributed by atoms with van der Waals surface area (Å²) in [6, 6.07) is 9.60. The van der Waals surface area contributed by atoms with Gasteiger partial charge in [0.1, 0.15) is 11.9 Å². The van der Waals surface area contributed by atoms with E-state index in [4.69, 9.17) is 15.5 Å². The minimum atomic E-state index is -0.968. The van der Waals surface area contributed by atoms with E-state index < -0.39 is 5.54 Å². The number of aryl methyl sites for hydroxylation is 1. The molecule has 0 bridgehead atoms. The van der Waals surface area contributed by atoms with E-state index in [2.05, 4.69) is 31.7 Å². The van der Waals surface area contributed by atoms with Crippen molar-refractivity contribution in [3.05, 3.63) is 47.3 Å². The molecule has 39 heavy (non-hydrogen) atoms. The van der Waals surface area contributed by atoms with Gasteiger partial charge >= 0.3 is 5.97 Å². The van der Waals surface area contributed by atoms with Gasteiger partial charge < -0.3 is 26.2 Å². The molecule has 0 spiro atoms. The van der Waals surface area contributed by atoms with Gasteiger partial charge in [-0.3, -0.25) is 9.69 Å². The second kappa shape index (κ2) is 11.0. The van der Waals surface area contributed by atoms with Gasteiger partial charge in [0.25, 0.3) is 0 Å². The molecule has 204 valence electrons. The minimum Gasteiger partial charge on any atom is -0.468 e. The number of esters is 1. The molecule has 2 aliphatic rings. The van der Waals surface area contributed by atoms with Crippen molar-refractivity contribution in [2.24, 2.45) is 11.7 Å². The van der Waals surface area contributed by atoms with Crippen molar-refractivity contribution in [1.82, 2.24) is 24.6 Å². The lowest BCUT2D eigenvalue weighted by atomic mass is 9.90. The molecule has 1 fully saturated rings. The maximum absolute atomic E-state index is 11.6. The van der Waals surface area contributed by atoms with Crippen molar-refractivity contribution in [2.45, 2.75) is 31.8 Å². The number of ether oxygens (including phenoxy) is 1. The Labute approximate surface area is 226 Å². The second-order valence-corrected chi connectivity index (χ2v) is 10.3. The van der Waals surface area contributed by atoms with Crippen LogP contribution in [0.3, 0.4) is 0 Å². The quantitative estimate of drug-likeness (QED) is 0.312. The van der Waals surface area contributed by atoms with Gasteiger partial charge in [-0.25, -0.2) is 14.6 Å². The Kier molecular flexibility index (Phi) is 7.47. The fourth-order valence-corrected chi connectivity index (χ4v) is 5.24. The lowest BCUT2D eigenvalue weighted by Crippen LogP contribution is -2.42. The number of nitriles is 1. The van der Waals surface area contributed by atoms with Gasteiger partial charge in [-0.15, -0.1) is 0 Å². The van der Waals surface area contributed by atoms with E-state index in [0.717, 1.165) is 44.0 Å². The zero-order chi connectivity index (χ0) is 27.6. The summed E-state index contributed by atoms with van der Waals surface area (Å²) in [6.07, 6.45) is 3.59. The van der Waals surface area contributed by atoms with Gasteiger partial charge in [0.15, 0.2) is 0 Å². The summed E-state index contributed by atoms with van der Waals surface area (Å²) < 4.78 is 6.73. The van der Waals surface area contributed by atoms with E-state index in [1.807, 2.05) is 23.7 Å². The number of fused-ring (bicyclic) bond motifs is 1. The third-order valence-electron chi connectivity index (χ3n) is 7.47. The van der Waals surface area contributed by atoms with Crippen LogP contribution in [0.25, 0.3) is 11.3 Å². The number of nitrogens with two attached hydrogens (primary N) is 1. The summed E-state index contributed by atoms with van der Waals surface area (Å²) in [4.78, 5) is 22.8. The first-order valence-electron chi connectivity index (χ1n) is 13.0. The summed E-state index contributed by atoms with van der Waals surface area (Å²) >= 11 is 0. The number of hydrogen-bond donors (Lipinski definition) is 4. The van der Waals surface area contributed by atoms with Crippen LogP contribution < -0.4 is 16.4 Å². The number of nitrogens with one attached hydrogen (secondary N) is 2. The predicted octanol–water partition coefficient (Wildman–Crippen LogP) is 1.72. The maximum atomic E-state index is 11.6. The maximum Gasteiger partial charge on any atom is 0.319 e. The Morgan fingerprint density at radius 1 is 1.36 bits per heavy atom. The van der Waals surface area contributed by atoms with Crippen molar-refractivity contribution in [1.29, 1.82) is 5.26 Å². The molecule has 5 N–H and O–H groups in total. The molecule has 12 nitrogen and oxygen atoms in total. The molecular formula is C27H33N9O3. The summed E-state index contributed by atoms with van der Waals surface area (Å²) in [6.45, 7) is 4.80. The first-order valence-corrected chi connectivity index (χ1v) is 13.0. The van der Waals surface area contributed by atoms with E-state index in [-0.39, 0.29) is 12.6 Å².